The molecule has 0 aliphatic carbocycles. The van der Waals surface area contributed by atoms with Crippen molar-refractivity contribution < 1.29 is 13.5 Å². The summed E-state index contributed by atoms with van der Waals surface area (Å²) in [6, 6.07) is 4.85. The summed E-state index contributed by atoms with van der Waals surface area (Å²) in [5.74, 6) is 0.558. The minimum atomic E-state index is -3.33. The van der Waals surface area contributed by atoms with E-state index in [2.05, 4.69) is 25.6 Å². The zero-order chi connectivity index (χ0) is 21.0. The molecule has 10 heteroatoms. The monoisotopic (exact) mass is 414 g/mol. The van der Waals surface area contributed by atoms with Crippen molar-refractivity contribution in [3.05, 3.63) is 36.3 Å². The van der Waals surface area contributed by atoms with Crippen LogP contribution in [0.15, 0.2) is 35.5 Å². The van der Waals surface area contributed by atoms with Crippen LogP contribution >= 0.6 is 0 Å². The van der Waals surface area contributed by atoms with Gasteiger partial charge in [0.15, 0.2) is 15.7 Å². The van der Waals surface area contributed by atoms with Gasteiger partial charge in [-0.25, -0.2) is 13.4 Å². The van der Waals surface area contributed by atoms with Crippen LogP contribution in [0.5, 0.6) is 0 Å². The van der Waals surface area contributed by atoms with Crippen LogP contribution in [0.4, 0.5) is 11.5 Å². The van der Waals surface area contributed by atoms with Crippen molar-refractivity contribution in [2.75, 3.05) is 11.6 Å². The number of rotatable bonds is 5. The molecular formula is C19H22N6O3S. The van der Waals surface area contributed by atoms with E-state index < -0.39 is 15.4 Å². The van der Waals surface area contributed by atoms with Gasteiger partial charge in [-0.05, 0) is 39.0 Å². The highest BCUT2D eigenvalue weighted by Gasteiger charge is 2.18. The molecule has 152 valence electrons. The predicted molar refractivity (Wildman–Crippen MR) is 111 cm³/mol. The number of sulfone groups is 1. The molecule has 3 N–H and O–H groups in total. The van der Waals surface area contributed by atoms with E-state index in [0.29, 0.717) is 28.8 Å². The third-order valence-corrected chi connectivity index (χ3v) is 5.65. The van der Waals surface area contributed by atoms with Crippen molar-refractivity contribution in [2.24, 2.45) is 0 Å². The lowest BCUT2D eigenvalue weighted by Gasteiger charge is -2.16. The molecule has 0 amide bonds. The topological polar surface area (TPSA) is 126 Å². The average molecular weight is 414 g/mol. The second-order valence-electron chi connectivity index (χ2n) is 7.83. The summed E-state index contributed by atoms with van der Waals surface area (Å²) in [6.07, 6.45) is 4.65. The smallest absolute Gasteiger partial charge is 0.175 e. The summed E-state index contributed by atoms with van der Waals surface area (Å²) >= 11 is 0. The van der Waals surface area contributed by atoms with Crippen molar-refractivity contribution in [2.45, 2.75) is 37.8 Å². The third kappa shape index (κ3) is 3.81. The Balaban J connectivity index is 1.80. The first kappa shape index (κ1) is 19.3. The number of anilines is 2. The minimum Gasteiger partial charge on any atom is -0.389 e. The fourth-order valence-corrected chi connectivity index (χ4v) is 3.89. The first-order valence-corrected chi connectivity index (χ1v) is 10.9. The number of fused-ring (bicyclic) bond motifs is 3. The molecule has 0 aliphatic rings. The Kier molecular flexibility index (Phi) is 4.35. The maximum atomic E-state index is 11.9. The van der Waals surface area contributed by atoms with E-state index in [1.165, 1.54) is 6.26 Å². The van der Waals surface area contributed by atoms with Crippen molar-refractivity contribution in [1.29, 1.82) is 0 Å². The van der Waals surface area contributed by atoms with Crippen LogP contribution < -0.4 is 5.32 Å². The SMILES string of the molecule is Cc1nn(CC(C)(C)O)cc1Nc1nc2ccc(S(C)(=O)=O)cc2c2cn[nH]c12. The van der Waals surface area contributed by atoms with E-state index in [1.54, 1.807) is 42.9 Å². The molecule has 4 rings (SSSR count). The quantitative estimate of drug-likeness (QED) is 0.458. The normalized spacial score (nSPS) is 12.7. The zero-order valence-corrected chi connectivity index (χ0v) is 17.4. The van der Waals surface area contributed by atoms with Gasteiger partial charge in [0.1, 0.15) is 5.52 Å². The van der Waals surface area contributed by atoms with Crippen LogP contribution in [0.3, 0.4) is 0 Å². The number of nitrogens with one attached hydrogen (secondary N) is 2. The van der Waals surface area contributed by atoms with Gasteiger partial charge in [-0.1, -0.05) is 0 Å². The molecule has 29 heavy (non-hydrogen) atoms. The molecule has 3 heterocycles. The fraction of sp³-hybridized carbons (Fsp3) is 0.316. The summed E-state index contributed by atoms with van der Waals surface area (Å²) in [6.45, 7) is 5.67. The van der Waals surface area contributed by atoms with Crippen LogP contribution in [0, 0.1) is 6.92 Å². The lowest BCUT2D eigenvalue weighted by molar-refractivity contribution is 0.0577. The number of nitrogens with zero attached hydrogens (tertiary/aromatic N) is 4. The standard InChI is InChI=1S/C19H22N6O3S/c1-11-16(9-25(24-11)10-19(2,3)26)22-18-17-14(8-20-23-17)13-7-12(29(4,27)28)5-6-15(13)21-18/h5-9,26H,10H2,1-4H3,(H,20,23)(H,21,22). The Labute approximate surface area is 167 Å². The number of aromatic nitrogens is 5. The molecule has 1 aromatic carbocycles. The first-order valence-electron chi connectivity index (χ1n) is 9.02. The van der Waals surface area contributed by atoms with E-state index in [4.69, 9.17) is 0 Å². The van der Waals surface area contributed by atoms with Crippen molar-refractivity contribution >= 4 is 43.1 Å². The van der Waals surface area contributed by atoms with Gasteiger partial charge in [0.2, 0.25) is 0 Å². The molecular weight excluding hydrogens is 392 g/mol. The first-order chi connectivity index (χ1) is 13.5. The molecule has 0 saturated carbocycles. The van der Waals surface area contributed by atoms with Crippen molar-refractivity contribution in [3.63, 3.8) is 0 Å². The van der Waals surface area contributed by atoms with Crippen LogP contribution in [0.25, 0.3) is 21.8 Å². The van der Waals surface area contributed by atoms with Gasteiger partial charge in [0.05, 0.1) is 40.1 Å². The van der Waals surface area contributed by atoms with E-state index >= 15 is 0 Å². The fourth-order valence-electron chi connectivity index (χ4n) is 3.24. The summed E-state index contributed by atoms with van der Waals surface area (Å²) in [5.41, 5.74) is 1.94. The number of aliphatic hydroxyl groups is 1. The van der Waals surface area contributed by atoms with Gasteiger partial charge in [-0.3, -0.25) is 9.78 Å². The third-order valence-electron chi connectivity index (χ3n) is 4.54. The molecule has 0 saturated heterocycles. The van der Waals surface area contributed by atoms with E-state index in [9.17, 15) is 13.5 Å². The molecule has 0 spiro atoms. The molecule has 0 unspecified atom stereocenters. The van der Waals surface area contributed by atoms with E-state index in [0.717, 1.165) is 16.8 Å². The minimum absolute atomic E-state index is 0.235. The molecule has 0 atom stereocenters. The van der Waals surface area contributed by atoms with Gasteiger partial charge < -0.3 is 10.4 Å². The summed E-state index contributed by atoms with van der Waals surface area (Å²) in [7, 11) is -3.33. The Hall–Kier alpha value is -2.98. The lowest BCUT2D eigenvalue weighted by atomic mass is 10.1. The Morgan fingerprint density at radius 2 is 2.03 bits per heavy atom. The van der Waals surface area contributed by atoms with Crippen LogP contribution in [0.1, 0.15) is 19.5 Å². The second kappa shape index (κ2) is 6.53. The van der Waals surface area contributed by atoms with Gasteiger partial charge in [-0.15, -0.1) is 0 Å². The number of aryl methyl sites for hydroxylation is 1. The molecule has 4 aromatic rings. The predicted octanol–water partition coefficient (Wildman–Crippen LogP) is 2.53. The largest absolute Gasteiger partial charge is 0.389 e. The van der Waals surface area contributed by atoms with E-state index in [1.807, 2.05) is 13.1 Å². The van der Waals surface area contributed by atoms with Gasteiger partial charge in [0.25, 0.3) is 0 Å². The summed E-state index contributed by atoms with van der Waals surface area (Å²) in [4.78, 5) is 4.89. The zero-order valence-electron chi connectivity index (χ0n) is 16.6. The number of hydrogen-bond donors (Lipinski definition) is 3. The maximum Gasteiger partial charge on any atom is 0.175 e. The highest BCUT2D eigenvalue weighted by atomic mass is 32.2. The molecule has 0 aliphatic heterocycles. The van der Waals surface area contributed by atoms with E-state index in [-0.39, 0.29) is 4.90 Å². The molecule has 0 fully saturated rings. The van der Waals surface area contributed by atoms with Gasteiger partial charge in [-0.2, -0.15) is 10.2 Å². The molecule has 0 radical (unpaired) electrons. The van der Waals surface area contributed by atoms with Crippen LogP contribution in [-0.2, 0) is 16.4 Å². The van der Waals surface area contributed by atoms with Crippen molar-refractivity contribution in [3.8, 4) is 0 Å². The van der Waals surface area contributed by atoms with Crippen LogP contribution in [0.2, 0.25) is 0 Å². The van der Waals surface area contributed by atoms with Gasteiger partial charge in [0, 0.05) is 23.2 Å². The van der Waals surface area contributed by atoms with Crippen LogP contribution in [-0.4, -0.2) is 50.3 Å². The Morgan fingerprint density at radius 3 is 2.72 bits per heavy atom. The number of benzene rings is 1. The number of H-pyrrole nitrogens is 1. The molecule has 0 bridgehead atoms. The lowest BCUT2D eigenvalue weighted by Crippen LogP contribution is -2.26. The second-order valence-corrected chi connectivity index (χ2v) is 9.85. The van der Waals surface area contributed by atoms with Gasteiger partial charge >= 0.3 is 0 Å². The Morgan fingerprint density at radius 1 is 1.28 bits per heavy atom. The summed E-state index contributed by atoms with van der Waals surface area (Å²) < 4.78 is 25.5. The molecule has 9 nitrogen and oxygen atoms in total. The number of hydrogen-bond acceptors (Lipinski definition) is 7. The summed E-state index contributed by atoms with van der Waals surface area (Å²) in [5, 5.41) is 26.3. The Bertz CT molecular complexity index is 1330. The average Bonchev–Trinajstić information content (AvgIpc) is 3.20. The molecule has 3 aromatic heterocycles. The van der Waals surface area contributed by atoms with Crippen molar-refractivity contribution in [1.82, 2.24) is 25.0 Å². The number of pyridine rings is 1. The maximum absolute atomic E-state index is 11.9. The number of aromatic amines is 1. The highest BCUT2D eigenvalue weighted by molar-refractivity contribution is 7.90. The highest BCUT2D eigenvalue weighted by Crippen LogP contribution is 2.31.